The van der Waals surface area contributed by atoms with Crippen LogP contribution in [0.3, 0.4) is 0 Å². The number of aromatic nitrogens is 2. The lowest BCUT2D eigenvalue weighted by Crippen LogP contribution is -2.44. The molecule has 2 heterocycles. The van der Waals surface area contributed by atoms with E-state index in [1.54, 1.807) is 0 Å². The van der Waals surface area contributed by atoms with Crippen LogP contribution in [0.1, 0.15) is 5.56 Å². The highest BCUT2D eigenvalue weighted by Crippen LogP contribution is 2.08. The molecule has 6 nitrogen and oxygen atoms in total. The van der Waals surface area contributed by atoms with Crippen LogP contribution in [0.4, 0.5) is 0 Å². The Morgan fingerprint density at radius 1 is 1.23 bits per heavy atom. The highest BCUT2D eigenvalue weighted by molar-refractivity contribution is 5.78. The maximum atomic E-state index is 6.01. The molecule has 0 unspecified atom stereocenters. The maximum Gasteiger partial charge on any atom is 0.191 e. The van der Waals surface area contributed by atoms with Crippen LogP contribution in [0.15, 0.2) is 47.7 Å². The van der Waals surface area contributed by atoms with Gasteiger partial charge in [-0.25, -0.2) is 4.68 Å². The molecule has 116 valence electrons. The Bertz CT molecular complexity index is 616. The molecule has 0 radical (unpaired) electrons. The molecule has 22 heavy (non-hydrogen) atoms. The molecule has 1 fully saturated rings. The minimum absolute atomic E-state index is 0.610. The highest BCUT2D eigenvalue weighted by Gasteiger charge is 2.11. The Labute approximate surface area is 130 Å². The van der Waals surface area contributed by atoms with Gasteiger partial charge in [0, 0.05) is 25.8 Å². The van der Waals surface area contributed by atoms with Crippen LogP contribution in [0.5, 0.6) is 0 Å². The van der Waals surface area contributed by atoms with Gasteiger partial charge >= 0.3 is 0 Å². The third-order valence-electron chi connectivity index (χ3n) is 3.67. The topological polar surface area (TPSA) is 68.7 Å². The van der Waals surface area contributed by atoms with Crippen LogP contribution in [-0.2, 0) is 11.2 Å². The minimum Gasteiger partial charge on any atom is -0.378 e. The van der Waals surface area contributed by atoms with E-state index in [4.69, 9.17) is 10.5 Å². The van der Waals surface area contributed by atoms with Crippen molar-refractivity contribution in [1.82, 2.24) is 14.7 Å². The monoisotopic (exact) mass is 299 g/mol. The molecule has 3 rings (SSSR count). The van der Waals surface area contributed by atoms with E-state index in [1.165, 1.54) is 0 Å². The average molecular weight is 299 g/mol. The van der Waals surface area contributed by atoms with Gasteiger partial charge in [0.25, 0.3) is 0 Å². The third kappa shape index (κ3) is 3.65. The normalized spacial score (nSPS) is 16.0. The van der Waals surface area contributed by atoms with Crippen molar-refractivity contribution in [2.24, 2.45) is 10.7 Å². The SMILES string of the molecule is NC(=NCCc1cnn(-c2ccccc2)c1)N1CCOCC1. The van der Waals surface area contributed by atoms with Gasteiger partial charge in [0.1, 0.15) is 0 Å². The maximum absolute atomic E-state index is 6.01. The quantitative estimate of drug-likeness (QED) is 0.677. The molecule has 2 aromatic rings. The molecule has 1 aliphatic heterocycles. The smallest absolute Gasteiger partial charge is 0.191 e. The summed E-state index contributed by atoms with van der Waals surface area (Å²) >= 11 is 0. The van der Waals surface area contributed by atoms with E-state index in [0.717, 1.165) is 44.0 Å². The van der Waals surface area contributed by atoms with Crippen LogP contribution in [0, 0.1) is 0 Å². The van der Waals surface area contributed by atoms with Gasteiger partial charge in [-0.2, -0.15) is 5.10 Å². The Morgan fingerprint density at radius 2 is 2.00 bits per heavy atom. The summed E-state index contributed by atoms with van der Waals surface area (Å²) in [5.41, 5.74) is 8.22. The van der Waals surface area contributed by atoms with Crippen LogP contribution in [-0.4, -0.2) is 53.5 Å². The first kappa shape index (κ1) is 14.6. The van der Waals surface area contributed by atoms with E-state index < -0.39 is 0 Å². The zero-order valence-corrected chi connectivity index (χ0v) is 12.6. The van der Waals surface area contributed by atoms with Crippen LogP contribution >= 0.6 is 0 Å². The van der Waals surface area contributed by atoms with Crippen molar-refractivity contribution in [3.63, 3.8) is 0 Å². The van der Waals surface area contributed by atoms with E-state index in [1.807, 2.05) is 47.4 Å². The summed E-state index contributed by atoms with van der Waals surface area (Å²) in [6, 6.07) is 10.1. The molecule has 6 heteroatoms. The molecule has 0 atom stereocenters. The molecule has 0 saturated carbocycles. The van der Waals surface area contributed by atoms with Crippen molar-refractivity contribution in [3.8, 4) is 5.69 Å². The number of nitrogens with zero attached hydrogens (tertiary/aromatic N) is 4. The average Bonchev–Trinajstić information content (AvgIpc) is 3.05. The van der Waals surface area contributed by atoms with Crippen molar-refractivity contribution in [2.45, 2.75) is 6.42 Å². The van der Waals surface area contributed by atoms with Crippen LogP contribution < -0.4 is 5.73 Å². The second kappa shape index (κ2) is 7.09. The predicted molar refractivity (Wildman–Crippen MR) is 86.1 cm³/mol. The minimum atomic E-state index is 0.610. The van der Waals surface area contributed by atoms with E-state index in [0.29, 0.717) is 12.5 Å². The largest absolute Gasteiger partial charge is 0.378 e. The van der Waals surface area contributed by atoms with Gasteiger partial charge in [0.15, 0.2) is 5.96 Å². The number of nitrogens with two attached hydrogens (primary N) is 1. The lowest BCUT2D eigenvalue weighted by Gasteiger charge is -2.27. The molecule has 1 saturated heterocycles. The first-order valence-corrected chi connectivity index (χ1v) is 7.54. The lowest BCUT2D eigenvalue weighted by atomic mass is 10.2. The molecule has 1 aliphatic rings. The van der Waals surface area contributed by atoms with E-state index in [9.17, 15) is 0 Å². The molecule has 2 N–H and O–H groups in total. The number of hydrogen-bond donors (Lipinski definition) is 1. The Hall–Kier alpha value is -2.34. The van der Waals surface area contributed by atoms with Gasteiger partial charge < -0.3 is 15.4 Å². The second-order valence-corrected chi connectivity index (χ2v) is 5.22. The van der Waals surface area contributed by atoms with E-state index in [-0.39, 0.29) is 0 Å². The fourth-order valence-electron chi connectivity index (χ4n) is 2.40. The summed E-state index contributed by atoms with van der Waals surface area (Å²) in [6.07, 6.45) is 4.75. The van der Waals surface area contributed by atoms with Crippen molar-refractivity contribution >= 4 is 5.96 Å². The van der Waals surface area contributed by atoms with E-state index >= 15 is 0 Å². The van der Waals surface area contributed by atoms with Gasteiger partial charge in [0.05, 0.1) is 25.1 Å². The summed E-state index contributed by atoms with van der Waals surface area (Å²) in [6.45, 7) is 3.76. The molecule has 0 amide bonds. The lowest BCUT2D eigenvalue weighted by molar-refractivity contribution is 0.0674. The zero-order valence-electron chi connectivity index (χ0n) is 12.6. The van der Waals surface area contributed by atoms with Crippen molar-refractivity contribution in [2.75, 3.05) is 32.8 Å². The summed E-state index contributed by atoms with van der Waals surface area (Å²) in [7, 11) is 0. The predicted octanol–water partition coefficient (Wildman–Crippen LogP) is 1.06. The van der Waals surface area contributed by atoms with Crippen molar-refractivity contribution < 1.29 is 4.74 Å². The van der Waals surface area contributed by atoms with Crippen molar-refractivity contribution in [3.05, 3.63) is 48.3 Å². The molecular formula is C16H21N5O. The molecule has 0 bridgehead atoms. The highest BCUT2D eigenvalue weighted by atomic mass is 16.5. The number of aliphatic imine (C=N–C) groups is 1. The van der Waals surface area contributed by atoms with Crippen LogP contribution in [0.2, 0.25) is 0 Å². The molecule has 0 spiro atoms. The summed E-state index contributed by atoms with van der Waals surface area (Å²) in [5.74, 6) is 0.610. The number of guanidine groups is 1. The zero-order chi connectivity index (χ0) is 15.2. The van der Waals surface area contributed by atoms with Crippen LogP contribution in [0.25, 0.3) is 5.69 Å². The first-order valence-electron chi connectivity index (χ1n) is 7.54. The van der Waals surface area contributed by atoms with Crippen molar-refractivity contribution in [1.29, 1.82) is 0 Å². The third-order valence-corrected chi connectivity index (χ3v) is 3.67. The first-order chi connectivity index (χ1) is 10.8. The number of morpholine rings is 1. The van der Waals surface area contributed by atoms with Gasteiger partial charge in [-0.05, 0) is 24.1 Å². The van der Waals surface area contributed by atoms with E-state index in [2.05, 4.69) is 15.0 Å². The Kier molecular flexibility index (Phi) is 4.70. The number of benzene rings is 1. The van der Waals surface area contributed by atoms with Gasteiger partial charge in [-0.3, -0.25) is 4.99 Å². The Morgan fingerprint density at radius 3 is 2.77 bits per heavy atom. The standard InChI is InChI=1S/C16H21N5O/c17-16(20-8-10-22-11-9-20)18-7-6-14-12-19-21(13-14)15-4-2-1-3-5-15/h1-5,12-13H,6-11H2,(H2,17,18). The van der Waals surface area contributed by atoms with Gasteiger partial charge in [-0.1, -0.05) is 18.2 Å². The van der Waals surface area contributed by atoms with Gasteiger partial charge in [-0.15, -0.1) is 0 Å². The fraction of sp³-hybridized carbons (Fsp3) is 0.375. The van der Waals surface area contributed by atoms with Gasteiger partial charge in [0.2, 0.25) is 0 Å². The molecule has 1 aromatic heterocycles. The number of hydrogen-bond acceptors (Lipinski definition) is 3. The number of ether oxygens (including phenoxy) is 1. The molecular weight excluding hydrogens is 278 g/mol. The molecule has 0 aliphatic carbocycles. The summed E-state index contributed by atoms with van der Waals surface area (Å²) in [5, 5.41) is 4.38. The number of rotatable bonds is 4. The molecule has 1 aromatic carbocycles. The fourth-order valence-corrected chi connectivity index (χ4v) is 2.40. The Balaban J connectivity index is 1.55. The summed E-state index contributed by atoms with van der Waals surface area (Å²) in [4.78, 5) is 6.52. The second-order valence-electron chi connectivity index (χ2n) is 5.22. The summed E-state index contributed by atoms with van der Waals surface area (Å²) < 4.78 is 7.18. The number of para-hydroxylation sites is 1.